The fourth-order valence-corrected chi connectivity index (χ4v) is 4.15. The molecule has 2 heterocycles. The number of likely N-dealkylation sites (tertiary alicyclic amines) is 1. The fourth-order valence-electron chi connectivity index (χ4n) is 4.15. The van der Waals surface area contributed by atoms with Crippen molar-refractivity contribution in [1.82, 2.24) is 20.0 Å². The van der Waals surface area contributed by atoms with Crippen LogP contribution in [-0.2, 0) is 6.54 Å². The summed E-state index contributed by atoms with van der Waals surface area (Å²) >= 11 is 0. The normalized spacial score (nSPS) is 17.8. The second-order valence-electron chi connectivity index (χ2n) is 8.55. The number of benzene rings is 1. The minimum absolute atomic E-state index is 0.0499. The third kappa shape index (κ3) is 4.69. The Bertz CT molecular complexity index is 911. The third-order valence-electron chi connectivity index (χ3n) is 6.22. The molecule has 0 spiro atoms. The van der Waals surface area contributed by atoms with Crippen LogP contribution in [0.25, 0.3) is 10.8 Å². The number of aryl methyl sites for hydroxylation is 1. The molecule has 1 saturated heterocycles. The van der Waals surface area contributed by atoms with Gasteiger partial charge in [0.2, 0.25) is 0 Å². The van der Waals surface area contributed by atoms with Gasteiger partial charge in [0.05, 0.1) is 5.39 Å². The standard InChI is InChI=1S/C23H32N4O2/c1-2-3-6-13-27-22(28)20-8-5-4-7-19(20)21(25-27)23(29)26-14-11-18(12-15-26)24-16-17-9-10-17/h4-5,7-8,17-18,24H,2-3,6,9-16H2,1H3. The summed E-state index contributed by atoms with van der Waals surface area (Å²) in [6, 6.07) is 7.88. The smallest absolute Gasteiger partial charge is 0.274 e. The van der Waals surface area contributed by atoms with Gasteiger partial charge in [-0.1, -0.05) is 38.0 Å². The zero-order valence-corrected chi connectivity index (χ0v) is 17.4. The van der Waals surface area contributed by atoms with Gasteiger partial charge in [-0.3, -0.25) is 9.59 Å². The maximum atomic E-state index is 13.3. The van der Waals surface area contributed by atoms with Gasteiger partial charge in [-0.05, 0) is 50.6 Å². The number of amides is 1. The van der Waals surface area contributed by atoms with E-state index in [0.717, 1.165) is 57.7 Å². The molecule has 156 valence electrons. The minimum atomic E-state index is -0.101. The molecule has 1 aromatic heterocycles. The quantitative estimate of drug-likeness (QED) is 0.696. The van der Waals surface area contributed by atoms with E-state index in [1.165, 1.54) is 17.5 Å². The average molecular weight is 397 g/mol. The Morgan fingerprint density at radius 2 is 1.83 bits per heavy atom. The van der Waals surface area contributed by atoms with Gasteiger partial charge in [0.1, 0.15) is 0 Å². The van der Waals surface area contributed by atoms with E-state index >= 15 is 0 Å². The molecule has 4 rings (SSSR count). The minimum Gasteiger partial charge on any atom is -0.337 e. The molecule has 0 bridgehead atoms. The highest BCUT2D eigenvalue weighted by atomic mass is 16.2. The van der Waals surface area contributed by atoms with Gasteiger partial charge in [0.15, 0.2) is 5.69 Å². The Labute approximate surface area is 172 Å². The first-order valence-corrected chi connectivity index (χ1v) is 11.2. The highest BCUT2D eigenvalue weighted by molar-refractivity contribution is 6.04. The zero-order valence-electron chi connectivity index (χ0n) is 17.4. The monoisotopic (exact) mass is 396 g/mol. The third-order valence-corrected chi connectivity index (χ3v) is 6.22. The van der Waals surface area contributed by atoms with Crippen molar-refractivity contribution in [2.75, 3.05) is 19.6 Å². The number of hydrogen-bond donors (Lipinski definition) is 1. The molecule has 1 amide bonds. The predicted octanol–water partition coefficient (Wildman–Crippen LogP) is 3.19. The van der Waals surface area contributed by atoms with Crippen LogP contribution in [0.1, 0.15) is 62.4 Å². The topological polar surface area (TPSA) is 67.2 Å². The van der Waals surface area contributed by atoms with Crippen LogP contribution in [0.2, 0.25) is 0 Å². The van der Waals surface area contributed by atoms with Crippen LogP contribution in [0.15, 0.2) is 29.1 Å². The van der Waals surface area contributed by atoms with Crippen LogP contribution >= 0.6 is 0 Å². The summed E-state index contributed by atoms with van der Waals surface area (Å²) in [5, 5.41) is 9.45. The van der Waals surface area contributed by atoms with Crippen LogP contribution < -0.4 is 10.9 Å². The number of nitrogens with zero attached hydrogens (tertiary/aromatic N) is 3. The number of hydrogen-bond acceptors (Lipinski definition) is 4. The summed E-state index contributed by atoms with van der Waals surface area (Å²) in [4.78, 5) is 28.0. The SMILES string of the molecule is CCCCCn1nc(C(=O)N2CCC(NCC3CC3)CC2)c2ccccc2c1=O. The maximum Gasteiger partial charge on any atom is 0.274 e. The summed E-state index contributed by atoms with van der Waals surface area (Å²) in [6.07, 6.45) is 7.70. The van der Waals surface area contributed by atoms with Crippen LogP contribution in [-0.4, -0.2) is 46.3 Å². The molecule has 1 aromatic carbocycles. The predicted molar refractivity (Wildman–Crippen MR) is 115 cm³/mol. The van der Waals surface area contributed by atoms with Crippen molar-refractivity contribution < 1.29 is 4.79 Å². The summed E-state index contributed by atoms with van der Waals surface area (Å²) in [6.45, 7) is 5.30. The first kappa shape index (κ1) is 20.1. The van der Waals surface area contributed by atoms with Gasteiger partial charge < -0.3 is 10.2 Å². The number of unbranched alkanes of at least 4 members (excludes halogenated alkanes) is 2. The number of aromatic nitrogens is 2. The zero-order chi connectivity index (χ0) is 20.2. The number of rotatable bonds is 8. The summed E-state index contributed by atoms with van der Waals surface area (Å²) < 4.78 is 1.50. The van der Waals surface area contributed by atoms with E-state index in [1.54, 1.807) is 6.07 Å². The van der Waals surface area contributed by atoms with Crippen molar-refractivity contribution in [3.63, 3.8) is 0 Å². The molecule has 0 unspecified atom stereocenters. The second-order valence-corrected chi connectivity index (χ2v) is 8.55. The van der Waals surface area contributed by atoms with Crippen LogP contribution in [0.3, 0.4) is 0 Å². The highest BCUT2D eigenvalue weighted by Gasteiger charge is 2.28. The lowest BCUT2D eigenvalue weighted by Crippen LogP contribution is -2.46. The van der Waals surface area contributed by atoms with Gasteiger partial charge in [0.25, 0.3) is 11.5 Å². The number of nitrogens with one attached hydrogen (secondary N) is 1. The summed E-state index contributed by atoms with van der Waals surface area (Å²) in [5.41, 5.74) is 0.317. The number of fused-ring (bicyclic) bond motifs is 1. The number of piperidine rings is 1. The van der Waals surface area contributed by atoms with Crippen molar-refractivity contribution >= 4 is 16.7 Å². The molecule has 29 heavy (non-hydrogen) atoms. The second kappa shape index (κ2) is 9.08. The first-order valence-electron chi connectivity index (χ1n) is 11.2. The maximum absolute atomic E-state index is 13.3. The van der Waals surface area contributed by atoms with Gasteiger partial charge in [0, 0.05) is 31.1 Å². The average Bonchev–Trinajstić information content (AvgIpc) is 3.59. The molecule has 6 heteroatoms. The molecule has 1 aliphatic heterocycles. The molecule has 1 aliphatic carbocycles. The molecular weight excluding hydrogens is 364 g/mol. The molecule has 0 radical (unpaired) electrons. The highest BCUT2D eigenvalue weighted by Crippen LogP contribution is 2.28. The number of carbonyl (C=O) groups excluding carboxylic acids is 1. The van der Waals surface area contributed by atoms with E-state index in [4.69, 9.17) is 0 Å². The Morgan fingerprint density at radius 1 is 1.10 bits per heavy atom. The molecular formula is C23H32N4O2. The van der Waals surface area contributed by atoms with Crippen molar-refractivity contribution in [3.8, 4) is 0 Å². The van der Waals surface area contributed by atoms with E-state index < -0.39 is 0 Å². The van der Waals surface area contributed by atoms with Gasteiger partial charge >= 0.3 is 0 Å². The first-order chi connectivity index (χ1) is 14.2. The molecule has 1 saturated carbocycles. The molecule has 1 N–H and O–H groups in total. The lowest BCUT2D eigenvalue weighted by molar-refractivity contribution is 0.0698. The van der Waals surface area contributed by atoms with E-state index in [0.29, 0.717) is 29.1 Å². The van der Waals surface area contributed by atoms with E-state index in [2.05, 4.69) is 17.3 Å². The van der Waals surface area contributed by atoms with Crippen molar-refractivity contribution in [2.45, 2.75) is 64.5 Å². The summed E-state index contributed by atoms with van der Waals surface area (Å²) in [7, 11) is 0. The van der Waals surface area contributed by atoms with Gasteiger partial charge in [-0.2, -0.15) is 5.10 Å². The van der Waals surface area contributed by atoms with Gasteiger partial charge in [-0.25, -0.2) is 4.68 Å². The molecule has 2 aromatic rings. The van der Waals surface area contributed by atoms with Crippen LogP contribution in [0.5, 0.6) is 0 Å². The molecule has 6 nitrogen and oxygen atoms in total. The van der Waals surface area contributed by atoms with E-state index in [1.807, 2.05) is 23.1 Å². The Morgan fingerprint density at radius 3 is 2.52 bits per heavy atom. The van der Waals surface area contributed by atoms with Crippen molar-refractivity contribution in [3.05, 3.63) is 40.3 Å². The van der Waals surface area contributed by atoms with Crippen LogP contribution in [0.4, 0.5) is 0 Å². The Hall–Kier alpha value is -2.21. The molecule has 2 fully saturated rings. The van der Waals surface area contributed by atoms with Crippen molar-refractivity contribution in [1.29, 1.82) is 0 Å². The molecule has 0 atom stereocenters. The summed E-state index contributed by atoms with van der Waals surface area (Å²) in [5.74, 6) is 0.824. The van der Waals surface area contributed by atoms with E-state index in [9.17, 15) is 9.59 Å². The lowest BCUT2D eigenvalue weighted by atomic mass is 10.0. The largest absolute Gasteiger partial charge is 0.337 e. The lowest BCUT2D eigenvalue weighted by Gasteiger charge is -2.32. The van der Waals surface area contributed by atoms with Gasteiger partial charge in [-0.15, -0.1) is 0 Å². The molecule has 2 aliphatic rings. The van der Waals surface area contributed by atoms with E-state index in [-0.39, 0.29) is 11.5 Å². The van der Waals surface area contributed by atoms with Crippen LogP contribution in [0, 0.1) is 5.92 Å². The number of carbonyl (C=O) groups is 1. The van der Waals surface area contributed by atoms with Crippen molar-refractivity contribution in [2.24, 2.45) is 5.92 Å². The Kier molecular flexibility index (Phi) is 6.28. The Balaban J connectivity index is 1.51. The fraction of sp³-hybridized carbons (Fsp3) is 0.609.